The predicted molar refractivity (Wildman–Crippen MR) is 96.5 cm³/mol. The first-order chi connectivity index (χ1) is 12.1. The van der Waals surface area contributed by atoms with Crippen LogP contribution in [0.2, 0.25) is 0 Å². The molecule has 0 fully saturated rings. The Balaban J connectivity index is 1.55. The zero-order chi connectivity index (χ0) is 17.4. The van der Waals surface area contributed by atoms with Crippen LogP contribution in [0, 0.1) is 0 Å². The third kappa shape index (κ3) is 2.68. The number of H-pyrrole nitrogens is 1. The Bertz CT molecular complexity index is 905. The highest BCUT2D eigenvalue weighted by atomic mass is 16.1. The van der Waals surface area contributed by atoms with Crippen molar-refractivity contribution in [1.82, 2.24) is 25.6 Å². The number of benzene rings is 2. The minimum absolute atomic E-state index is 0.100. The number of carbonyl (C=O) groups excluding carboxylic acids is 1. The van der Waals surface area contributed by atoms with E-state index in [4.69, 9.17) is 0 Å². The second-order valence-corrected chi connectivity index (χ2v) is 6.92. The molecule has 2 aromatic carbocycles. The first kappa shape index (κ1) is 15.8. The standard InChI is InChI=1S/C19H21N5O/c1-24(2)19(10-13-6-3-4-7-14(13)11-19)12-20-18(25)15-8-5-9-16-17(15)22-23-21-16/h3-9H,10-12H2,1-2H3,(H,20,25)(H,21,22,23). The average Bonchev–Trinajstić information content (AvgIpc) is 3.23. The van der Waals surface area contributed by atoms with E-state index in [2.05, 4.69) is 64.0 Å². The number of rotatable bonds is 4. The van der Waals surface area contributed by atoms with Gasteiger partial charge in [-0.25, -0.2) is 0 Å². The molecule has 6 nitrogen and oxygen atoms in total. The Kier molecular flexibility index (Phi) is 3.77. The number of aromatic amines is 1. The van der Waals surface area contributed by atoms with Gasteiger partial charge in [0, 0.05) is 12.1 Å². The largest absolute Gasteiger partial charge is 0.350 e. The normalized spacial score (nSPS) is 15.5. The van der Waals surface area contributed by atoms with Gasteiger partial charge in [0.15, 0.2) is 0 Å². The van der Waals surface area contributed by atoms with Crippen LogP contribution in [0.3, 0.4) is 0 Å². The second kappa shape index (κ2) is 5.97. The molecule has 0 radical (unpaired) electrons. The van der Waals surface area contributed by atoms with Crippen LogP contribution in [-0.4, -0.2) is 52.4 Å². The lowest BCUT2D eigenvalue weighted by Crippen LogP contribution is -2.53. The van der Waals surface area contributed by atoms with E-state index in [0.29, 0.717) is 23.1 Å². The molecule has 0 unspecified atom stereocenters. The van der Waals surface area contributed by atoms with Crippen molar-refractivity contribution >= 4 is 16.9 Å². The molecular formula is C19H21N5O. The number of para-hydroxylation sites is 1. The fourth-order valence-electron chi connectivity index (χ4n) is 3.66. The van der Waals surface area contributed by atoms with Crippen molar-refractivity contribution in [2.24, 2.45) is 0 Å². The Morgan fingerprint density at radius 2 is 1.84 bits per heavy atom. The van der Waals surface area contributed by atoms with Crippen molar-refractivity contribution in [1.29, 1.82) is 0 Å². The highest BCUT2D eigenvalue weighted by Gasteiger charge is 2.39. The molecule has 3 aromatic rings. The third-order valence-electron chi connectivity index (χ3n) is 5.28. The van der Waals surface area contributed by atoms with E-state index in [1.165, 1.54) is 11.1 Å². The lowest BCUT2D eigenvalue weighted by molar-refractivity contribution is 0.0904. The monoisotopic (exact) mass is 335 g/mol. The Morgan fingerprint density at radius 3 is 2.52 bits per heavy atom. The summed E-state index contributed by atoms with van der Waals surface area (Å²) >= 11 is 0. The van der Waals surface area contributed by atoms with Crippen molar-refractivity contribution in [3.05, 3.63) is 59.2 Å². The Labute approximate surface area is 146 Å². The predicted octanol–water partition coefficient (Wildman–Crippen LogP) is 1.79. The van der Waals surface area contributed by atoms with E-state index in [9.17, 15) is 4.79 Å². The molecule has 128 valence electrons. The van der Waals surface area contributed by atoms with Gasteiger partial charge in [-0.3, -0.25) is 4.79 Å². The molecule has 0 bridgehead atoms. The molecule has 25 heavy (non-hydrogen) atoms. The van der Waals surface area contributed by atoms with Gasteiger partial charge in [0.25, 0.3) is 5.91 Å². The van der Waals surface area contributed by atoms with Crippen LogP contribution in [0.25, 0.3) is 11.0 Å². The number of nitrogens with one attached hydrogen (secondary N) is 2. The molecule has 0 atom stereocenters. The number of aromatic nitrogens is 3. The van der Waals surface area contributed by atoms with Gasteiger partial charge in [0.2, 0.25) is 0 Å². The van der Waals surface area contributed by atoms with Crippen LogP contribution in [0.4, 0.5) is 0 Å². The second-order valence-electron chi connectivity index (χ2n) is 6.92. The molecule has 4 rings (SSSR count). The molecule has 1 amide bonds. The van der Waals surface area contributed by atoms with Gasteiger partial charge in [-0.15, -0.1) is 0 Å². The van der Waals surface area contributed by atoms with Gasteiger partial charge in [-0.05, 0) is 50.2 Å². The summed E-state index contributed by atoms with van der Waals surface area (Å²) < 4.78 is 0. The fraction of sp³-hybridized carbons (Fsp3) is 0.316. The van der Waals surface area contributed by atoms with Gasteiger partial charge >= 0.3 is 0 Å². The number of likely N-dealkylation sites (N-methyl/N-ethyl adjacent to an activating group) is 1. The molecule has 0 saturated heterocycles. The summed E-state index contributed by atoms with van der Waals surface area (Å²) in [6.45, 7) is 0.585. The molecule has 1 aliphatic rings. The maximum Gasteiger partial charge on any atom is 0.253 e. The number of hydrogen-bond acceptors (Lipinski definition) is 4. The molecule has 1 aromatic heterocycles. The lowest BCUT2D eigenvalue weighted by atomic mass is 9.94. The number of carbonyl (C=O) groups is 1. The molecule has 0 saturated carbocycles. The van der Waals surface area contributed by atoms with Crippen LogP contribution in [0.1, 0.15) is 21.5 Å². The first-order valence-electron chi connectivity index (χ1n) is 8.41. The molecule has 2 N–H and O–H groups in total. The van der Waals surface area contributed by atoms with E-state index in [1.54, 1.807) is 6.07 Å². The van der Waals surface area contributed by atoms with Crippen LogP contribution in [-0.2, 0) is 12.8 Å². The number of hydrogen-bond donors (Lipinski definition) is 2. The SMILES string of the molecule is CN(C)C1(CNC(=O)c2cccc3n[nH]nc23)Cc2ccccc2C1. The molecule has 0 aliphatic heterocycles. The number of nitrogens with zero attached hydrogens (tertiary/aromatic N) is 3. The summed E-state index contributed by atoms with van der Waals surface area (Å²) in [7, 11) is 4.16. The smallest absolute Gasteiger partial charge is 0.253 e. The summed E-state index contributed by atoms with van der Waals surface area (Å²) in [6.07, 6.45) is 1.87. The van der Waals surface area contributed by atoms with Crippen molar-refractivity contribution < 1.29 is 4.79 Å². The van der Waals surface area contributed by atoms with Crippen molar-refractivity contribution in [2.45, 2.75) is 18.4 Å². The maximum atomic E-state index is 12.7. The van der Waals surface area contributed by atoms with Gasteiger partial charge < -0.3 is 10.2 Å². The highest BCUT2D eigenvalue weighted by Crippen LogP contribution is 2.33. The fourth-order valence-corrected chi connectivity index (χ4v) is 3.66. The van der Waals surface area contributed by atoms with Gasteiger partial charge in [0.1, 0.15) is 11.0 Å². The topological polar surface area (TPSA) is 73.9 Å². The summed E-state index contributed by atoms with van der Waals surface area (Å²) in [5.41, 5.74) is 4.48. The average molecular weight is 335 g/mol. The third-order valence-corrected chi connectivity index (χ3v) is 5.28. The zero-order valence-corrected chi connectivity index (χ0v) is 14.4. The van der Waals surface area contributed by atoms with Gasteiger partial charge in [-0.2, -0.15) is 15.4 Å². The number of fused-ring (bicyclic) bond motifs is 2. The van der Waals surface area contributed by atoms with Crippen molar-refractivity contribution in [3.63, 3.8) is 0 Å². The number of amides is 1. The van der Waals surface area contributed by atoms with Gasteiger partial charge in [-0.1, -0.05) is 30.3 Å². The molecule has 0 spiro atoms. The van der Waals surface area contributed by atoms with Gasteiger partial charge in [0.05, 0.1) is 5.56 Å². The van der Waals surface area contributed by atoms with E-state index in [1.807, 2.05) is 12.1 Å². The first-order valence-corrected chi connectivity index (χ1v) is 8.41. The Hall–Kier alpha value is -2.73. The van der Waals surface area contributed by atoms with E-state index >= 15 is 0 Å². The van der Waals surface area contributed by atoms with E-state index in [-0.39, 0.29) is 11.4 Å². The summed E-state index contributed by atoms with van der Waals surface area (Å²) in [5, 5.41) is 13.8. The summed E-state index contributed by atoms with van der Waals surface area (Å²) in [4.78, 5) is 15.0. The summed E-state index contributed by atoms with van der Waals surface area (Å²) in [5.74, 6) is -0.114. The summed E-state index contributed by atoms with van der Waals surface area (Å²) in [6, 6.07) is 14.0. The minimum atomic E-state index is -0.114. The van der Waals surface area contributed by atoms with Crippen LogP contribution >= 0.6 is 0 Å². The highest BCUT2D eigenvalue weighted by molar-refractivity contribution is 6.04. The van der Waals surface area contributed by atoms with E-state index < -0.39 is 0 Å². The maximum absolute atomic E-state index is 12.7. The molecular weight excluding hydrogens is 314 g/mol. The molecule has 6 heteroatoms. The minimum Gasteiger partial charge on any atom is -0.350 e. The molecule has 1 heterocycles. The van der Waals surface area contributed by atoms with Crippen LogP contribution in [0.15, 0.2) is 42.5 Å². The molecule has 1 aliphatic carbocycles. The van der Waals surface area contributed by atoms with Crippen molar-refractivity contribution in [3.8, 4) is 0 Å². The Morgan fingerprint density at radius 1 is 1.12 bits per heavy atom. The van der Waals surface area contributed by atoms with Crippen LogP contribution < -0.4 is 5.32 Å². The lowest BCUT2D eigenvalue weighted by Gasteiger charge is -2.36. The van der Waals surface area contributed by atoms with Crippen molar-refractivity contribution in [2.75, 3.05) is 20.6 Å². The quantitative estimate of drug-likeness (QED) is 0.762. The van der Waals surface area contributed by atoms with E-state index in [0.717, 1.165) is 12.8 Å². The van der Waals surface area contributed by atoms with Crippen LogP contribution in [0.5, 0.6) is 0 Å². The zero-order valence-electron chi connectivity index (χ0n) is 14.4.